The Morgan fingerprint density at radius 1 is 0.667 bits per heavy atom. The number of nitrogens with one attached hydrogen (secondary N) is 2. The lowest BCUT2D eigenvalue weighted by molar-refractivity contribution is -0.153. The van der Waals surface area contributed by atoms with E-state index in [1.165, 1.54) is 22.7 Å². The first-order valence-corrected chi connectivity index (χ1v) is 17.0. The minimum atomic E-state index is -1.66. The second-order valence-electron chi connectivity index (χ2n) is 11.9. The van der Waals surface area contributed by atoms with Crippen molar-refractivity contribution in [2.24, 2.45) is 11.5 Å². The lowest BCUT2D eigenvalue weighted by Gasteiger charge is -2.32. The summed E-state index contributed by atoms with van der Waals surface area (Å²) in [4.78, 5) is 53.0. The molecule has 4 atom stereocenters. The predicted molar refractivity (Wildman–Crippen MR) is 187 cm³/mol. The van der Waals surface area contributed by atoms with Crippen LogP contribution in [0.5, 0.6) is 0 Å². The molecular weight excluding hydrogens is 649 g/mol. The molecule has 0 fully saturated rings. The number of carbonyl (C=O) groups excluding carboxylic acids is 4. The molecule has 0 aliphatic carbocycles. The van der Waals surface area contributed by atoms with Crippen molar-refractivity contribution in [2.75, 3.05) is 0 Å². The van der Waals surface area contributed by atoms with Crippen LogP contribution in [0.1, 0.15) is 45.9 Å². The third kappa shape index (κ3) is 9.48. The summed E-state index contributed by atoms with van der Waals surface area (Å²) in [6, 6.07) is 23.2. The van der Waals surface area contributed by atoms with Gasteiger partial charge in [-0.15, -0.1) is 22.7 Å². The summed E-state index contributed by atoms with van der Waals surface area (Å²) in [7, 11) is 0. The van der Waals surface area contributed by atoms with E-state index in [0.29, 0.717) is 12.8 Å². The Bertz CT molecular complexity index is 1630. The Hall–Kier alpha value is -4.62. The Morgan fingerprint density at radius 2 is 1.02 bits per heavy atom. The van der Waals surface area contributed by atoms with Gasteiger partial charge in [-0.3, -0.25) is 21.1 Å². The molecule has 252 valence electrons. The number of benzene rings is 2. The van der Waals surface area contributed by atoms with Gasteiger partial charge in [0.15, 0.2) is 0 Å². The monoisotopic (exact) mass is 688 g/mol. The molecule has 4 aromatic rings. The third-order valence-corrected chi connectivity index (χ3v) is 10.2. The van der Waals surface area contributed by atoms with Gasteiger partial charge in [0.05, 0.1) is 11.1 Å². The molecule has 0 bridgehead atoms. The van der Waals surface area contributed by atoms with E-state index in [1.807, 2.05) is 111 Å². The summed E-state index contributed by atoms with van der Waals surface area (Å²) >= 11 is 3.00. The molecule has 12 heteroatoms. The van der Waals surface area contributed by atoms with Gasteiger partial charge in [0.2, 0.25) is 12.5 Å². The first kappa shape index (κ1) is 36.2. The molecule has 4 unspecified atom stereocenters. The number of ether oxygens (including phenoxy) is 2. The lowest BCUT2D eigenvalue weighted by Crippen LogP contribution is -2.52. The number of rotatable bonds is 14. The summed E-state index contributed by atoms with van der Waals surface area (Å²) in [5.74, 6) is -3.56. The van der Waals surface area contributed by atoms with Gasteiger partial charge in [0.1, 0.15) is 0 Å². The fourth-order valence-electron chi connectivity index (χ4n) is 5.50. The Kier molecular flexibility index (Phi) is 12.1. The first-order valence-electron chi connectivity index (χ1n) is 15.2. The number of hydrogen-bond acceptors (Lipinski definition) is 10. The summed E-state index contributed by atoms with van der Waals surface area (Å²) in [6.07, 6.45) is -0.879. The smallest absolute Gasteiger partial charge is 0.333 e. The van der Waals surface area contributed by atoms with E-state index in [1.54, 1.807) is 0 Å². The van der Waals surface area contributed by atoms with Gasteiger partial charge in [-0.1, -0.05) is 60.7 Å². The standard InChI is InChI=1S/C36H40N4O6S2/c1-23-17-19-47-29(23)35(3,21-25-11-7-5-8-12-25)39-33(43)31(37)45-27(41)15-16-28(42)46-32(38)34(44)40-36(4,30-24(2)18-20-48-30)22-26-13-9-6-10-14-26/h5-20,31-32H,21-22,37-38H2,1-4H3,(H,39,43)(H,40,44)/b16-15+. The zero-order chi connectivity index (χ0) is 34.9. The van der Waals surface area contributed by atoms with Crippen molar-refractivity contribution in [1.82, 2.24) is 10.6 Å². The van der Waals surface area contributed by atoms with Gasteiger partial charge in [0, 0.05) is 34.7 Å². The minimum absolute atomic E-state index is 0.472. The summed E-state index contributed by atoms with van der Waals surface area (Å²) < 4.78 is 10.1. The molecule has 0 aliphatic heterocycles. The molecule has 0 saturated heterocycles. The maximum absolute atomic E-state index is 13.1. The molecular formula is C36H40N4O6S2. The fourth-order valence-corrected chi connectivity index (χ4v) is 7.60. The number of carbonyl (C=O) groups is 4. The fraction of sp³-hybridized carbons (Fsp3) is 0.278. The molecule has 0 spiro atoms. The van der Waals surface area contributed by atoms with E-state index in [0.717, 1.165) is 44.2 Å². The van der Waals surface area contributed by atoms with Crippen LogP contribution in [-0.2, 0) is 52.6 Å². The average Bonchev–Trinajstić information content (AvgIpc) is 3.69. The van der Waals surface area contributed by atoms with Crippen LogP contribution >= 0.6 is 22.7 Å². The number of thiophene rings is 2. The van der Waals surface area contributed by atoms with Crippen LogP contribution in [-0.4, -0.2) is 36.2 Å². The Morgan fingerprint density at radius 3 is 1.33 bits per heavy atom. The molecule has 0 aliphatic rings. The number of hydrogen-bond donors (Lipinski definition) is 4. The maximum atomic E-state index is 13.1. The van der Waals surface area contributed by atoms with Gasteiger partial charge < -0.3 is 20.1 Å². The summed E-state index contributed by atoms with van der Waals surface area (Å²) in [5.41, 5.74) is 14.2. The van der Waals surface area contributed by atoms with E-state index in [9.17, 15) is 19.2 Å². The van der Waals surface area contributed by atoms with Crippen molar-refractivity contribution in [3.8, 4) is 0 Å². The van der Waals surface area contributed by atoms with Gasteiger partial charge in [0.25, 0.3) is 11.8 Å². The molecule has 2 amide bonds. The van der Waals surface area contributed by atoms with Crippen LogP contribution in [0.4, 0.5) is 0 Å². The molecule has 10 nitrogen and oxygen atoms in total. The molecule has 2 aromatic carbocycles. The summed E-state index contributed by atoms with van der Waals surface area (Å²) in [5, 5.41) is 9.74. The number of nitrogens with two attached hydrogens (primary N) is 2. The van der Waals surface area contributed by atoms with Crippen LogP contribution in [0.25, 0.3) is 0 Å². The van der Waals surface area contributed by atoms with Crippen LogP contribution in [0.3, 0.4) is 0 Å². The maximum Gasteiger partial charge on any atom is 0.333 e. The second-order valence-corrected chi connectivity index (χ2v) is 13.7. The van der Waals surface area contributed by atoms with E-state index in [2.05, 4.69) is 10.6 Å². The highest BCUT2D eigenvalue weighted by Crippen LogP contribution is 2.34. The normalized spacial score (nSPS) is 15.0. The molecule has 0 radical (unpaired) electrons. The zero-order valence-electron chi connectivity index (χ0n) is 27.2. The molecule has 2 aromatic heterocycles. The van der Waals surface area contributed by atoms with E-state index in [4.69, 9.17) is 20.9 Å². The SMILES string of the molecule is Cc1ccsc1C(C)(Cc1ccccc1)NC(=O)C(N)OC(=O)/C=C/C(=O)OC(N)C(=O)NC(C)(Cc1ccccc1)c1sccc1C. The van der Waals surface area contributed by atoms with Crippen molar-refractivity contribution in [2.45, 2.75) is 64.1 Å². The highest BCUT2D eigenvalue weighted by molar-refractivity contribution is 7.10. The van der Waals surface area contributed by atoms with Crippen molar-refractivity contribution in [1.29, 1.82) is 0 Å². The second kappa shape index (κ2) is 16.0. The third-order valence-electron chi connectivity index (χ3n) is 7.68. The van der Waals surface area contributed by atoms with Crippen molar-refractivity contribution < 1.29 is 28.7 Å². The van der Waals surface area contributed by atoms with E-state index < -0.39 is 47.3 Å². The molecule has 2 heterocycles. The topological polar surface area (TPSA) is 163 Å². The van der Waals surface area contributed by atoms with Crippen LogP contribution in [0.2, 0.25) is 0 Å². The predicted octanol–water partition coefficient (Wildman–Crippen LogP) is 4.49. The zero-order valence-corrected chi connectivity index (χ0v) is 28.9. The lowest BCUT2D eigenvalue weighted by atomic mass is 9.89. The Balaban J connectivity index is 1.33. The van der Waals surface area contributed by atoms with Crippen molar-refractivity contribution in [3.05, 3.63) is 128 Å². The molecule has 4 rings (SSSR count). The van der Waals surface area contributed by atoms with Gasteiger partial charge in [-0.25, -0.2) is 9.59 Å². The quantitative estimate of drug-likeness (QED) is 0.0856. The molecule has 48 heavy (non-hydrogen) atoms. The van der Waals surface area contributed by atoms with Crippen molar-refractivity contribution >= 4 is 46.4 Å². The number of amides is 2. The van der Waals surface area contributed by atoms with Crippen LogP contribution < -0.4 is 22.1 Å². The van der Waals surface area contributed by atoms with Crippen molar-refractivity contribution in [3.63, 3.8) is 0 Å². The van der Waals surface area contributed by atoms with E-state index >= 15 is 0 Å². The van der Waals surface area contributed by atoms with Gasteiger partial charge >= 0.3 is 11.9 Å². The minimum Gasteiger partial charge on any atom is -0.434 e. The van der Waals surface area contributed by atoms with Crippen LogP contribution in [0, 0.1) is 13.8 Å². The van der Waals surface area contributed by atoms with Gasteiger partial charge in [-0.2, -0.15) is 0 Å². The highest BCUT2D eigenvalue weighted by atomic mass is 32.1. The number of aryl methyl sites for hydroxylation is 2. The molecule has 0 saturated carbocycles. The highest BCUT2D eigenvalue weighted by Gasteiger charge is 2.35. The number of esters is 2. The van der Waals surface area contributed by atoms with E-state index in [-0.39, 0.29) is 0 Å². The first-order chi connectivity index (χ1) is 22.8. The average molecular weight is 689 g/mol. The van der Waals surface area contributed by atoms with Crippen LogP contribution in [0.15, 0.2) is 95.7 Å². The summed E-state index contributed by atoms with van der Waals surface area (Å²) in [6.45, 7) is 7.67. The molecule has 6 N–H and O–H groups in total. The largest absolute Gasteiger partial charge is 0.434 e. The Labute approximate surface area is 288 Å². The van der Waals surface area contributed by atoms with Gasteiger partial charge in [-0.05, 0) is 72.8 Å².